The second-order valence-corrected chi connectivity index (χ2v) is 11.8. The Kier molecular flexibility index (Phi) is 5.38. The lowest BCUT2D eigenvalue weighted by atomic mass is 10.1. The molecule has 0 amide bonds. The summed E-state index contributed by atoms with van der Waals surface area (Å²) in [6.07, 6.45) is 0.204. The molecule has 2 fully saturated rings. The molecule has 10 nitrogen and oxygen atoms in total. The molecule has 0 unspecified atom stereocenters. The Hall–Kier alpha value is -2.29. The zero-order valence-electron chi connectivity index (χ0n) is 18.3. The third kappa shape index (κ3) is 4.32. The van der Waals surface area contributed by atoms with Gasteiger partial charge in [-0.1, -0.05) is 11.3 Å². The summed E-state index contributed by atoms with van der Waals surface area (Å²) in [5, 5.41) is 19.0. The van der Waals surface area contributed by atoms with E-state index in [2.05, 4.69) is 49.2 Å². The number of halogens is 2. The third-order valence-corrected chi connectivity index (χ3v) is 8.40. The van der Waals surface area contributed by atoms with E-state index in [1.165, 1.54) is 10.6 Å². The van der Waals surface area contributed by atoms with Crippen molar-refractivity contribution in [2.24, 2.45) is 0 Å². The van der Waals surface area contributed by atoms with E-state index in [-0.39, 0.29) is 27.8 Å². The van der Waals surface area contributed by atoms with Crippen LogP contribution in [-0.2, 0) is 10.0 Å². The Morgan fingerprint density at radius 3 is 2.48 bits per heavy atom. The van der Waals surface area contributed by atoms with Crippen LogP contribution >= 0.6 is 11.3 Å². The van der Waals surface area contributed by atoms with E-state index in [1.54, 1.807) is 6.07 Å². The van der Waals surface area contributed by atoms with Crippen LogP contribution in [0.2, 0.25) is 0 Å². The molecule has 1 aliphatic heterocycles. The summed E-state index contributed by atoms with van der Waals surface area (Å²) in [6, 6.07) is 1.96. The van der Waals surface area contributed by atoms with Crippen LogP contribution in [0.15, 0.2) is 17.2 Å². The van der Waals surface area contributed by atoms with E-state index < -0.39 is 27.0 Å². The monoisotopic (exact) mass is 498 g/mol. The van der Waals surface area contributed by atoms with E-state index >= 15 is 0 Å². The van der Waals surface area contributed by atoms with E-state index in [1.807, 2.05) is 6.92 Å². The van der Waals surface area contributed by atoms with Crippen LogP contribution in [0.1, 0.15) is 45.0 Å². The molecule has 4 heterocycles. The van der Waals surface area contributed by atoms with Crippen molar-refractivity contribution in [2.75, 3.05) is 18.0 Å². The molecule has 0 aromatic carbocycles. The number of nitrogens with one attached hydrogen (secondary N) is 2. The first-order valence-electron chi connectivity index (χ1n) is 10.6. The highest BCUT2D eigenvalue weighted by Crippen LogP contribution is 2.37. The molecule has 5 rings (SSSR count). The van der Waals surface area contributed by atoms with E-state index in [4.69, 9.17) is 0 Å². The summed E-state index contributed by atoms with van der Waals surface area (Å²) in [7, 11) is -3.84. The summed E-state index contributed by atoms with van der Waals surface area (Å²) < 4.78 is 56.9. The summed E-state index contributed by atoms with van der Waals surface area (Å²) in [4.78, 5) is 2.12. The molecule has 33 heavy (non-hydrogen) atoms. The predicted molar refractivity (Wildman–Crippen MR) is 119 cm³/mol. The highest BCUT2D eigenvalue weighted by Gasteiger charge is 2.41. The van der Waals surface area contributed by atoms with E-state index in [0.717, 1.165) is 12.8 Å². The number of sulfonamides is 1. The van der Waals surface area contributed by atoms with Gasteiger partial charge in [0.2, 0.25) is 10.0 Å². The average Bonchev–Trinajstić information content (AvgIpc) is 3.14. The number of hydrogen-bond donors (Lipinski definition) is 2. The molecule has 178 valence electrons. The van der Waals surface area contributed by atoms with Crippen molar-refractivity contribution in [1.82, 2.24) is 34.8 Å². The van der Waals surface area contributed by atoms with E-state index in [9.17, 15) is 17.2 Å². The first-order chi connectivity index (χ1) is 15.5. The predicted octanol–water partition coefficient (Wildman–Crippen LogP) is 2.20. The topological polar surface area (TPSA) is 117 Å². The van der Waals surface area contributed by atoms with Gasteiger partial charge in [-0.2, -0.15) is 0 Å². The number of rotatable bonds is 6. The van der Waals surface area contributed by atoms with Gasteiger partial charge in [-0.25, -0.2) is 21.9 Å². The number of fused-ring (bicyclic) bond motifs is 1. The Bertz CT molecular complexity index is 1290. The van der Waals surface area contributed by atoms with Gasteiger partial charge in [0.1, 0.15) is 4.90 Å². The van der Waals surface area contributed by atoms with Crippen LogP contribution in [-0.4, -0.2) is 63.9 Å². The quantitative estimate of drug-likeness (QED) is 0.531. The van der Waals surface area contributed by atoms with Gasteiger partial charge in [0, 0.05) is 36.9 Å². The lowest BCUT2D eigenvalue weighted by molar-refractivity contribution is 0.150. The van der Waals surface area contributed by atoms with Gasteiger partial charge in [0.05, 0.1) is 5.69 Å². The fourth-order valence-corrected chi connectivity index (χ4v) is 6.25. The number of hydrogen-bond acceptors (Lipinski definition) is 9. The maximum atomic E-state index is 13.2. The maximum absolute atomic E-state index is 13.2. The van der Waals surface area contributed by atoms with Crippen LogP contribution < -0.4 is 14.9 Å². The summed E-state index contributed by atoms with van der Waals surface area (Å²) in [6.45, 7) is 7.26. The van der Waals surface area contributed by atoms with Crippen LogP contribution in [0.5, 0.6) is 0 Å². The Balaban J connectivity index is 1.67. The van der Waals surface area contributed by atoms with Gasteiger partial charge < -0.3 is 10.2 Å². The maximum Gasteiger partial charge on any atom is 0.291 e. The summed E-state index contributed by atoms with van der Waals surface area (Å²) in [5.74, 6) is 0.168. The molecule has 3 aromatic heterocycles. The molecule has 1 saturated carbocycles. The van der Waals surface area contributed by atoms with Crippen molar-refractivity contribution < 1.29 is 17.2 Å². The molecule has 14 heteroatoms. The molecular weight excluding hydrogens is 474 g/mol. The second kappa shape index (κ2) is 7.89. The van der Waals surface area contributed by atoms with Crippen molar-refractivity contribution in [1.29, 1.82) is 0 Å². The fraction of sp³-hybridized carbons (Fsp3) is 0.579. The zero-order valence-corrected chi connectivity index (χ0v) is 19.9. The van der Waals surface area contributed by atoms with Crippen LogP contribution in [0.3, 0.4) is 0 Å². The standard InChI is InChI=1S/C19H24F2N8O2S2/c1-10-7-28(8-11(2)22-10)13-6-12(33(30,31)27-19(3)4-5-19)9-29-15(13)23-24-16(29)18-26-25-17(32-18)14(20)21/h6,9-11,14,22,27H,4-5,7-8H2,1-3H3/t10-,11-/m0/s1. The lowest BCUT2D eigenvalue weighted by Crippen LogP contribution is -2.54. The summed E-state index contributed by atoms with van der Waals surface area (Å²) in [5.41, 5.74) is 0.584. The largest absolute Gasteiger partial charge is 0.365 e. The first kappa shape index (κ1) is 22.5. The second-order valence-electron chi connectivity index (χ2n) is 9.06. The number of pyridine rings is 1. The number of aromatic nitrogens is 5. The van der Waals surface area contributed by atoms with Crippen molar-refractivity contribution in [2.45, 2.75) is 62.6 Å². The average molecular weight is 499 g/mol. The third-order valence-electron chi connectivity index (χ3n) is 5.87. The SMILES string of the molecule is C[C@H]1CN(c2cc(S(=O)(=O)NC3(C)CC3)cn3c(-c4nnc(C(F)F)s4)nnc23)C[C@H](C)N1. The molecular formula is C19H24F2N8O2S2. The van der Waals surface area contributed by atoms with Crippen molar-refractivity contribution in [3.05, 3.63) is 17.3 Å². The van der Waals surface area contributed by atoms with Gasteiger partial charge >= 0.3 is 0 Å². The molecule has 3 aromatic rings. The molecule has 2 aliphatic rings. The minimum absolute atomic E-state index is 0.0524. The van der Waals surface area contributed by atoms with Crippen molar-refractivity contribution in [3.63, 3.8) is 0 Å². The van der Waals surface area contributed by atoms with Crippen molar-refractivity contribution in [3.8, 4) is 10.8 Å². The molecule has 0 bridgehead atoms. The molecule has 0 radical (unpaired) electrons. The van der Waals surface area contributed by atoms with Crippen LogP contribution in [0.4, 0.5) is 14.5 Å². The minimum atomic E-state index is -3.84. The van der Waals surface area contributed by atoms with Gasteiger partial charge in [-0.05, 0) is 39.7 Å². The molecule has 1 saturated heterocycles. The lowest BCUT2D eigenvalue weighted by Gasteiger charge is -2.37. The number of nitrogens with zero attached hydrogens (tertiary/aromatic N) is 6. The highest BCUT2D eigenvalue weighted by molar-refractivity contribution is 7.89. The Morgan fingerprint density at radius 2 is 1.88 bits per heavy atom. The van der Waals surface area contributed by atoms with Crippen LogP contribution in [0.25, 0.3) is 16.5 Å². The van der Waals surface area contributed by atoms with Crippen molar-refractivity contribution >= 4 is 32.7 Å². The van der Waals surface area contributed by atoms with Crippen LogP contribution in [0, 0.1) is 0 Å². The first-order valence-corrected chi connectivity index (χ1v) is 12.9. The minimum Gasteiger partial charge on any atom is -0.365 e. The van der Waals surface area contributed by atoms with E-state index in [0.29, 0.717) is 35.8 Å². The smallest absolute Gasteiger partial charge is 0.291 e. The van der Waals surface area contributed by atoms with Gasteiger partial charge in [-0.15, -0.1) is 20.4 Å². The highest BCUT2D eigenvalue weighted by atomic mass is 32.2. The zero-order chi connectivity index (χ0) is 23.5. The normalized spacial score (nSPS) is 22.9. The fourth-order valence-electron chi connectivity index (χ4n) is 4.09. The molecule has 0 spiro atoms. The number of alkyl halides is 2. The number of anilines is 1. The van der Waals surface area contributed by atoms with Gasteiger partial charge in [0.15, 0.2) is 21.5 Å². The Morgan fingerprint density at radius 1 is 1.18 bits per heavy atom. The van der Waals surface area contributed by atoms with Gasteiger partial charge in [0.25, 0.3) is 6.43 Å². The molecule has 2 N–H and O–H groups in total. The number of piperazine rings is 1. The molecule has 2 atom stereocenters. The molecule has 1 aliphatic carbocycles. The summed E-state index contributed by atoms with van der Waals surface area (Å²) >= 11 is 0.705. The Labute approximate surface area is 193 Å². The van der Waals surface area contributed by atoms with Gasteiger partial charge in [-0.3, -0.25) is 4.40 Å².